The number of rotatable bonds is 7. The van der Waals surface area contributed by atoms with E-state index < -0.39 is 0 Å². The molecule has 1 aromatic carbocycles. The highest BCUT2D eigenvalue weighted by atomic mass is 19.1. The first-order valence-electron chi connectivity index (χ1n) is 8.77. The molecular weight excluding hydrogens is 333 g/mol. The van der Waals surface area contributed by atoms with Crippen molar-refractivity contribution in [2.24, 2.45) is 4.99 Å². The Kier molecular flexibility index (Phi) is 7.15. The zero-order valence-electron chi connectivity index (χ0n) is 16.1. The highest BCUT2D eigenvalue weighted by Gasteiger charge is 2.15. The Morgan fingerprint density at radius 2 is 1.92 bits per heavy atom. The molecule has 26 heavy (non-hydrogen) atoms. The van der Waals surface area contributed by atoms with Crippen LogP contribution in [0.2, 0.25) is 0 Å². The molecule has 7 heteroatoms. The van der Waals surface area contributed by atoms with E-state index in [9.17, 15) is 4.39 Å². The number of benzene rings is 1. The standard InChI is InChI=1S/C19H28FN5O/c1-6-21-19(23-12-18-24-13(2)14(3)26-18)22-11-17(25(4)5)15-7-9-16(20)10-8-15/h7-10,17H,6,11-12H2,1-5H3,(H2,21,22,23). The van der Waals surface area contributed by atoms with Crippen LogP contribution in [0.25, 0.3) is 0 Å². The molecular formula is C19H28FN5O. The van der Waals surface area contributed by atoms with Gasteiger partial charge in [0.15, 0.2) is 5.96 Å². The quantitative estimate of drug-likeness (QED) is 0.586. The SMILES string of the molecule is CCNC(=NCc1nc(C)c(C)o1)NCC(c1ccc(F)cc1)N(C)C. The van der Waals surface area contributed by atoms with Gasteiger partial charge in [0.1, 0.15) is 18.1 Å². The van der Waals surface area contributed by atoms with Crippen molar-refractivity contribution in [3.8, 4) is 0 Å². The fourth-order valence-corrected chi connectivity index (χ4v) is 2.57. The van der Waals surface area contributed by atoms with E-state index in [-0.39, 0.29) is 11.9 Å². The van der Waals surface area contributed by atoms with Gasteiger partial charge in [-0.2, -0.15) is 0 Å². The molecule has 0 saturated heterocycles. The molecule has 0 aliphatic carbocycles. The number of aromatic nitrogens is 1. The number of oxazole rings is 1. The van der Waals surface area contributed by atoms with Crippen molar-refractivity contribution < 1.29 is 8.81 Å². The van der Waals surface area contributed by atoms with Crippen LogP contribution in [0.1, 0.15) is 35.9 Å². The van der Waals surface area contributed by atoms with Crippen LogP contribution in [0, 0.1) is 19.7 Å². The minimum atomic E-state index is -0.231. The lowest BCUT2D eigenvalue weighted by Crippen LogP contribution is -2.41. The fourth-order valence-electron chi connectivity index (χ4n) is 2.57. The van der Waals surface area contributed by atoms with Crippen LogP contribution in [0.4, 0.5) is 4.39 Å². The highest BCUT2D eigenvalue weighted by Crippen LogP contribution is 2.17. The number of aryl methyl sites for hydroxylation is 2. The summed E-state index contributed by atoms with van der Waals surface area (Å²) < 4.78 is 18.8. The first-order chi connectivity index (χ1) is 12.4. The lowest BCUT2D eigenvalue weighted by Gasteiger charge is -2.26. The van der Waals surface area contributed by atoms with E-state index in [1.54, 1.807) is 0 Å². The van der Waals surface area contributed by atoms with Crippen LogP contribution >= 0.6 is 0 Å². The molecule has 142 valence electrons. The Hall–Kier alpha value is -2.41. The van der Waals surface area contributed by atoms with E-state index in [4.69, 9.17) is 4.42 Å². The molecule has 0 fully saturated rings. The molecule has 0 amide bonds. The van der Waals surface area contributed by atoms with Crippen molar-refractivity contribution in [2.45, 2.75) is 33.4 Å². The van der Waals surface area contributed by atoms with Crippen LogP contribution in [0.15, 0.2) is 33.7 Å². The number of hydrogen-bond donors (Lipinski definition) is 2. The summed E-state index contributed by atoms with van der Waals surface area (Å²) in [6.45, 7) is 7.57. The summed E-state index contributed by atoms with van der Waals surface area (Å²) in [5.74, 6) is 1.87. The van der Waals surface area contributed by atoms with Gasteiger partial charge in [-0.05, 0) is 52.6 Å². The van der Waals surface area contributed by atoms with Gasteiger partial charge < -0.3 is 20.0 Å². The van der Waals surface area contributed by atoms with Crippen LogP contribution in [-0.2, 0) is 6.54 Å². The first-order valence-corrected chi connectivity index (χ1v) is 8.77. The van der Waals surface area contributed by atoms with Crippen LogP contribution in [0.3, 0.4) is 0 Å². The molecule has 1 aromatic heterocycles. The van der Waals surface area contributed by atoms with E-state index in [2.05, 4.69) is 25.5 Å². The molecule has 2 rings (SSSR count). The monoisotopic (exact) mass is 361 g/mol. The van der Waals surface area contributed by atoms with Crippen LogP contribution < -0.4 is 10.6 Å². The summed E-state index contributed by atoms with van der Waals surface area (Å²) in [7, 11) is 4.00. The van der Waals surface area contributed by atoms with Gasteiger partial charge in [0, 0.05) is 13.1 Å². The third kappa shape index (κ3) is 5.56. The van der Waals surface area contributed by atoms with Gasteiger partial charge in [0.05, 0.1) is 11.7 Å². The van der Waals surface area contributed by atoms with Crippen LogP contribution in [-0.4, -0.2) is 43.0 Å². The van der Waals surface area contributed by atoms with E-state index in [0.29, 0.717) is 24.9 Å². The van der Waals surface area contributed by atoms with Crippen LogP contribution in [0.5, 0.6) is 0 Å². The Bertz CT molecular complexity index is 705. The number of nitrogens with one attached hydrogen (secondary N) is 2. The summed E-state index contributed by atoms with van der Waals surface area (Å²) in [5.41, 5.74) is 1.93. The second-order valence-corrected chi connectivity index (χ2v) is 6.36. The molecule has 1 heterocycles. The number of guanidine groups is 1. The second-order valence-electron chi connectivity index (χ2n) is 6.36. The predicted octanol–water partition coefficient (Wildman–Crippen LogP) is 2.79. The van der Waals surface area contributed by atoms with Crippen molar-refractivity contribution in [2.75, 3.05) is 27.2 Å². The molecule has 0 aliphatic heterocycles. The average molecular weight is 361 g/mol. The molecule has 1 atom stereocenters. The first kappa shape index (κ1) is 19.9. The van der Waals surface area contributed by atoms with Crippen molar-refractivity contribution >= 4 is 5.96 Å². The molecule has 0 bridgehead atoms. The number of halogens is 1. The second kappa shape index (κ2) is 9.33. The smallest absolute Gasteiger partial charge is 0.216 e. The Balaban J connectivity index is 2.04. The number of likely N-dealkylation sites (N-methyl/N-ethyl adjacent to an activating group) is 1. The lowest BCUT2D eigenvalue weighted by atomic mass is 10.1. The fraction of sp³-hybridized carbons (Fsp3) is 0.474. The topological polar surface area (TPSA) is 65.7 Å². The summed E-state index contributed by atoms with van der Waals surface area (Å²) >= 11 is 0. The highest BCUT2D eigenvalue weighted by molar-refractivity contribution is 5.79. The molecule has 0 aliphatic rings. The number of aliphatic imine (C=N–C) groups is 1. The average Bonchev–Trinajstić information content (AvgIpc) is 2.92. The van der Waals surface area contributed by atoms with E-state index in [1.165, 1.54) is 12.1 Å². The zero-order valence-corrected chi connectivity index (χ0v) is 16.1. The van der Waals surface area contributed by atoms with Crippen molar-refractivity contribution in [3.05, 3.63) is 53.0 Å². The Morgan fingerprint density at radius 3 is 2.46 bits per heavy atom. The minimum absolute atomic E-state index is 0.0886. The van der Waals surface area contributed by atoms with Crippen molar-refractivity contribution in [1.29, 1.82) is 0 Å². The third-order valence-electron chi connectivity index (χ3n) is 4.13. The van der Waals surface area contributed by atoms with Gasteiger partial charge in [0.2, 0.25) is 5.89 Å². The molecule has 0 spiro atoms. The number of nitrogens with zero attached hydrogens (tertiary/aromatic N) is 3. The maximum absolute atomic E-state index is 13.2. The van der Waals surface area contributed by atoms with Crippen molar-refractivity contribution in [1.82, 2.24) is 20.5 Å². The normalized spacial score (nSPS) is 13.1. The summed E-state index contributed by atoms with van der Waals surface area (Å²) in [6, 6.07) is 6.68. The molecule has 2 aromatic rings. The molecule has 0 radical (unpaired) electrons. The van der Waals surface area contributed by atoms with Gasteiger partial charge in [-0.1, -0.05) is 12.1 Å². The predicted molar refractivity (Wildman–Crippen MR) is 102 cm³/mol. The molecule has 2 N–H and O–H groups in total. The van der Waals surface area contributed by atoms with E-state index >= 15 is 0 Å². The Morgan fingerprint density at radius 1 is 1.23 bits per heavy atom. The lowest BCUT2D eigenvalue weighted by molar-refractivity contribution is 0.298. The third-order valence-corrected chi connectivity index (χ3v) is 4.13. The minimum Gasteiger partial charge on any atom is -0.444 e. The zero-order chi connectivity index (χ0) is 19.1. The van der Waals surface area contributed by atoms with Gasteiger partial charge in [-0.3, -0.25) is 0 Å². The molecule has 1 unspecified atom stereocenters. The maximum atomic E-state index is 13.2. The largest absolute Gasteiger partial charge is 0.444 e. The van der Waals surface area contributed by atoms with Gasteiger partial charge in [-0.25, -0.2) is 14.4 Å². The maximum Gasteiger partial charge on any atom is 0.216 e. The Labute approximate surface area is 154 Å². The van der Waals surface area contributed by atoms with Crippen molar-refractivity contribution in [3.63, 3.8) is 0 Å². The molecule has 0 saturated carbocycles. The summed E-state index contributed by atoms with van der Waals surface area (Å²) in [6.07, 6.45) is 0. The van der Waals surface area contributed by atoms with E-state index in [1.807, 2.05) is 47.0 Å². The van der Waals surface area contributed by atoms with Gasteiger partial charge in [0.25, 0.3) is 0 Å². The van der Waals surface area contributed by atoms with Gasteiger partial charge in [-0.15, -0.1) is 0 Å². The van der Waals surface area contributed by atoms with E-state index in [0.717, 1.165) is 23.6 Å². The van der Waals surface area contributed by atoms with Gasteiger partial charge >= 0.3 is 0 Å². The summed E-state index contributed by atoms with van der Waals surface area (Å²) in [4.78, 5) is 11.0. The molecule has 6 nitrogen and oxygen atoms in total. The summed E-state index contributed by atoms with van der Waals surface area (Å²) in [5, 5.41) is 6.56. The number of hydrogen-bond acceptors (Lipinski definition) is 4.